The zero-order chi connectivity index (χ0) is 18.4. The average molecular weight is 347 g/mol. The van der Waals surface area contributed by atoms with E-state index in [-0.39, 0.29) is 30.6 Å². The van der Waals surface area contributed by atoms with Crippen LogP contribution in [0.5, 0.6) is 5.75 Å². The predicted molar refractivity (Wildman–Crippen MR) is 92.7 cm³/mol. The van der Waals surface area contributed by atoms with Gasteiger partial charge in [-0.3, -0.25) is 14.4 Å². The summed E-state index contributed by atoms with van der Waals surface area (Å²) in [6.07, 6.45) is 1.63. The van der Waals surface area contributed by atoms with Gasteiger partial charge in [0.15, 0.2) is 5.78 Å². The number of rotatable bonds is 7. The van der Waals surface area contributed by atoms with Crippen LogP contribution in [0.2, 0.25) is 0 Å². The number of carboxylic acids is 1. The maximum atomic E-state index is 12.3. The minimum atomic E-state index is -0.848. The van der Waals surface area contributed by atoms with Crippen LogP contribution in [0.25, 0.3) is 0 Å². The Kier molecular flexibility index (Phi) is 6.56. The zero-order valence-electron chi connectivity index (χ0n) is 14.7. The van der Waals surface area contributed by atoms with E-state index in [4.69, 9.17) is 4.74 Å². The number of benzene rings is 1. The summed E-state index contributed by atoms with van der Waals surface area (Å²) in [7, 11) is 1.57. The first kappa shape index (κ1) is 19.0. The van der Waals surface area contributed by atoms with E-state index < -0.39 is 11.9 Å². The Bertz CT molecular complexity index is 625. The van der Waals surface area contributed by atoms with Crippen LogP contribution in [0.1, 0.15) is 43.0 Å². The Balaban J connectivity index is 1.81. The molecule has 0 radical (unpaired) electrons. The van der Waals surface area contributed by atoms with Crippen molar-refractivity contribution in [1.29, 1.82) is 0 Å². The molecule has 6 heteroatoms. The van der Waals surface area contributed by atoms with Crippen LogP contribution in [0.15, 0.2) is 24.3 Å². The van der Waals surface area contributed by atoms with Crippen LogP contribution < -0.4 is 4.74 Å². The molecule has 0 spiro atoms. The molecular formula is C19H25NO5. The smallest absolute Gasteiger partial charge is 0.308 e. The predicted octanol–water partition coefficient (Wildman–Crippen LogP) is 2.62. The number of amides is 1. The van der Waals surface area contributed by atoms with Crippen molar-refractivity contribution in [2.45, 2.75) is 32.6 Å². The number of ketones is 1. The number of nitrogens with zero attached hydrogens (tertiary/aromatic N) is 1. The van der Waals surface area contributed by atoms with Crippen molar-refractivity contribution in [2.75, 3.05) is 20.2 Å². The summed E-state index contributed by atoms with van der Waals surface area (Å²) in [5.41, 5.74) is 0.603. The largest absolute Gasteiger partial charge is 0.497 e. The lowest BCUT2D eigenvalue weighted by Crippen LogP contribution is -2.45. The van der Waals surface area contributed by atoms with Crippen molar-refractivity contribution in [2.24, 2.45) is 11.8 Å². The summed E-state index contributed by atoms with van der Waals surface area (Å²) < 4.78 is 5.06. The third-order valence-corrected chi connectivity index (χ3v) is 4.57. The summed E-state index contributed by atoms with van der Waals surface area (Å²) >= 11 is 0. The van der Waals surface area contributed by atoms with E-state index in [1.807, 2.05) is 6.92 Å². The Morgan fingerprint density at radius 2 is 1.84 bits per heavy atom. The van der Waals surface area contributed by atoms with E-state index >= 15 is 0 Å². The van der Waals surface area contributed by atoms with Crippen molar-refractivity contribution in [3.05, 3.63) is 29.8 Å². The lowest BCUT2D eigenvalue weighted by molar-refractivity contribution is -0.146. The number of carbonyl (C=O) groups excluding carboxylic acids is 2. The fraction of sp³-hybridized carbons (Fsp3) is 0.526. The molecule has 6 nitrogen and oxygen atoms in total. The third-order valence-electron chi connectivity index (χ3n) is 4.57. The number of ether oxygens (including phenoxy) is 1. The van der Waals surface area contributed by atoms with Gasteiger partial charge in [0, 0.05) is 31.5 Å². The van der Waals surface area contributed by atoms with E-state index in [1.165, 1.54) is 0 Å². The van der Waals surface area contributed by atoms with Crippen LogP contribution in [0, 0.1) is 11.8 Å². The van der Waals surface area contributed by atoms with Gasteiger partial charge in [-0.25, -0.2) is 0 Å². The van der Waals surface area contributed by atoms with Gasteiger partial charge in [-0.15, -0.1) is 0 Å². The number of piperidine rings is 1. The zero-order valence-corrected chi connectivity index (χ0v) is 14.7. The Hall–Kier alpha value is -2.37. The van der Waals surface area contributed by atoms with Gasteiger partial charge in [0.05, 0.1) is 13.0 Å². The van der Waals surface area contributed by atoms with Gasteiger partial charge >= 0.3 is 5.97 Å². The molecule has 2 unspecified atom stereocenters. The molecule has 0 aliphatic carbocycles. The van der Waals surface area contributed by atoms with E-state index in [0.717, 1.165) is 0 Å². The minimum Gasteiger partial charge on any atom is -0.497 e. The molecule has 1 aliphatic rings. The summed E-state index contributed by atoms with van der Waals surface area (Å²) in [5, 5.41) is 9.18. The van der Waals surface area contributed by atoms with E-state index in [2.05, 4.69) is 0 Å². The highest BCUT2D eigenvalue weighted by atomic mass is 16.5. The van der Waals surface area contributed by atoms with Crippen LogP contribution in [0.3, 0.4) is 0 Å². The number of carbonyl (C=O) groups is 3. The molecule has 1 saturated heterocycles. The first-order valence-electron chi connectivity index (χ1n) is 8.58. The van der Waals surface area contributed by atoms with Crippen molar-refractivity contribution >= 4 is 17.7 Å². The SMILES string of the molecule is COc1ccc(C(=O)CCCC(=O)N2CC(C)CC(C(=O)O)C2)cc1. The van der Waals surface area contributed by atoms with Gasteiger partial charge in [-0.2, -0.15) is 0 Å². The second kappa shape index (κ2) is 8.65. The van der Waals surface area contributed by atoms with Crippen molar-refractivity contribution in [3.8, 4) is 5.75 Å². The summed E-state index contributed by atoms with van der Waals surface area (Å²) in [6, 6.07) is 6.90. The molecule has 1 aliphatic heterocycles. The molecule has 0 bridgehead atoms. The minimum absolute atomic E-state index is 0.00845. The van der Waals surface area contributed by atoms with Gasteiger partial charge in [0.1, 0.15) is 5.75 Å². The molecule has 2 rings (SSSR count). The number of hydrogen-bond acceptors (Lipinski definition) is 4. The molecule has 1 aromatic rings. The standard InChI is InChI=1S/C19H25NO5/c1-13-10-15(19(23)24)12-20(11-13)18(22)5-3-4-17(21)14-6-8-16(25-2)9-7-14/h6-9,13,15H,3-5,10-12H2,1-2H3,(H,23,24). The lowest BCUT2D eigenvalue weighted by Gasteiger charge is -2.34. The number of likely N-dealkylation sites (tertiary alicyclic amines) is 1. The van der Waals surface area contributed by atoms with Crippen LogP contribution >= 0.6 is 0 Å². The normalized spacial score (nSPS) is 20.2. The van der Waals surface area contributed by atoms with Gasteiger partial charge in [0.25, 0.3) is 0 Å². The van der Waals surface area contributed by atoms with Crippen molar-refractivity contribution in [3.63, 3.8) is 0 Å². The van der Waals surface area contributed by atoms with Gasteiger partial charge < -0.3 is 14.7 Å². The second-order valence-corrected chi connectivity index (χ2v) is 6.68. The number of carboxylic acid groups (broad SMARTS) is 1. The van der Waals surface area contributed by atoms with Crippen LogP contribution in [-0.4, -0.2) is 47.9 Å². The van der Waals surface area contributed by atoms with E-state index in [1.54, 1.807) is 36.3 Å². The first-order valence-corrected chi connectivity index (χ1v) is 8.58. The van der Waals surface area contributed by atoms with Crippen molar-refractivity contribution < 1.29 is 24.2 Å². The first-order chi connectivity index (χ1) is 11.9. The molecular weight excluding hydrogens is 322 g/mol. The van der Waals surface area contributed by atoms with Gasteiger partial charge in [-0.05, 0) is 43.0 Å². The Morgan fingerprint density at radius 1 is 1.16 bits per heavy atom. The molecule has 25 heavy (non-hydrogen) atoms. The molecule has 1 N–H and O–H groups in total. The summed E-state index contributed by atoms with van der Waals surface area (Å²) in [6.45, 7) is 2.82. The molecule has 0 saturated carbocycles. The molecule has 1 aromatic carbocycles. The second-order valence-electron chi connectivity index (χ2n) is 6.68. The molecule has 1 fully saturated rings. The quantitative estimate of drug-likeness (QED) is 0.767. The number of hydrogen-bond donors (Lipinski definition) is 1. The maximum absolute atomic E-state index is 12.3. The molecule has 0 aromatic heterocycles. The highest BCUT2D eigenvalue weighted by Crippen LogP contribution is 2.23. The molecule has 136 valence electrons. The third kappa shape index (κ3) is 5.31. The number of aliphatic carboxylic acids is 1. The van der Waals surface area contributed by atoms with Gasteiger partial charge in [0.2, 0.25) is 5.91 Å². The fourth-order valence-corrected chi connectivity index (χ4v) is 3.21. The Labute approximate surface area is 147 Å². The Morgan fingerprint density at radius 3 is 2.44 bits per heavy atom. The van der Waals surface area contributed by atoms with Crippen LogP contribution in [-0.2, 0) is 9.59 Å². The lowest BCUT2D eigenvalue weighted by atomic mass is 9.90. The van der Waals surface area contributed by atoms with E-state index in [0.29, 0.717) is 37.1 Å². The highest BCUT2D eigenvalue weighted by molar-refractivity contribution is 5.96. The van der Waals surface area contributed by atoms with Crippen molar-refractivity contribution in [1.82, 2.24) is 4.90 Å². The summed E-state index contributed by atoms with van der Waals surface area (Å²) in [5.74, 6) is -0.544. The fourth-order valence-electron chi connectivity index (χ4n) is 3.21. The average Bonchev–Trinajstić information content (AvgIpc) is 2.61. The number of Topliss-reactive ketones (excluding diaryl/α,β-unsaturated/α-hetero) is 1. The van der Waals surface area contributed by atoms with Crippen LogP contribution in [0.4, 0.5) is 0 Å². The topological polar surface area (TPSA) is 83.9 Å². The molecule has 2 atom stereocenters. The summed E-state index contributed by atoms with van der Waals surface area (Å²) in [4.78, 5) is 37.3. The monoisotopic (exact) mass is 347 g/mol. The van der Waals surface area contributed by atoms with E-state index in [9.17, 15) is 19.5 Å². The van der Waals surface area contributed by atoms with Gasteiger partial charge in [-0.1, -0.05) is 6.92 Å². The molecule has 1 amide bonds. The number of methoxy groups -OCH3 is 1. The highest BCUT2D eigenvalue weighted by Gasteiger charge is 2.31. The maximum Gasteiger partial charge on any atom is 0.308 e. The molecule has 1 heterocycles.